The lowest BCUT2D eigenvalue weighted by Crippen LogP contribution is -2.35. The predicted octanol–water partition coefficient (Wildman–Crippen LogP) is 0.126. The molecule has 1 aromatic rings. The molecule has 1 fully saturated rings. The molecule has 0 radical (unpaired) electrons. The van der Waals surface area contributed by atoms with Gasteiger partial charge in [-0.15, -0.1) is 10.2 Å². The molecule has 0 amide bonds. The van der Waals surface area contributed by atoms with Crippen LogP contribution < -0.4 is 11.4 Å². The Bertz CT molecular complexity index is 424. The minimum Gasteiger partial charge on any atom is -0.334 e. The molecule has 14 heavy (non-hydrogen) atoms. The molecule has 2 N–H and O–H groups in total. The highest BCUT2D eigenvalue weighted by molar-refractivity contribution is 7.98. The van der Waals surface area contributed by atoms with E-state index in [4.69, 9.17) is 5.84 Å². The van der Waals surface area contributed by atoms with Crippen LogP contribution in [0.5, 0.6) is 0 Å². The summed E-state index contributed by atoms with van der Waals surface area (Å²) in [6, 6.07) is 0. The van der Waals surface area contributed by atoms with Gasteiger partial charge in [0.2, 0.25) is 5.16 Å². The Kier molecular flexibility index (Phi) is 2.02. The van der Waals surface area contributed by atoms with E-state index >= 15 is 0 Å². The van der Waals surface area contributed by atoms with Gasteiger partial charge >= 0.3 is 0 Å². The van der Waals surface area contributed by atoms with Gasteiger partial charge in [-0.25, -0.2) is 0 Å². The minimum atomic E-state index is -0.218. The molecular weight excluding hydrogens is 200 g/mol. The minimum absolute atomic E-state index is 0.0812. The van der Waals surface area contributed by atoms with Crippen LogP contribution in [0.3, 0.4) is 0 Å². The maximum absolute atomic E-state index is 11.8. The molecule has 0 aromatic carbocycles. The van der Waals surface area contributed by atoms with Gasteiger partial charge in [-0.2, -0.15) is 4.68 Å². The summed E-state index contributed by atoms with van der Waals surface area (Å²) in [5.41, 5.74) is 0.199. The van der Waals surface area contributed by atoms with Crippen molar-refractivity contribution in [2.45, 2.75) is 30.3 Å². The zero-order chi connectivity index (χ0) is 10.3. The Labute approximate surface area is 85.7 Å². The highest BCUT2D eigenvalue weighted by atomic mass is 32.2. The van der Waals surface area contributed by atoms with Crippen molar-refractivity contribution in [3.05, 3.63) is 16.0 Å². The summed E-state index contributed by atoms with van der Waals surface area (Å²) in [5.74, 6) is 5.60. The van der Waals surface area contributed by atoms with E-state index in [-0.39, 0.29) is 11.0 Å². The zero-order valence-electron chi connectivity index (χ0n) is 8.15. The van der Waals surface area contributed by atoms with E-state index in [0.29, 0.717) is 10.9 Å². The Hall–Kier alpha value is -1.04. The van der Waals surface area contributed by atoms with Crippen molar-refractivity contribution in [2.75, 3.05) is 12.1 Å². The van der Waals surface area contributed by atoms with E-state index in [0.717, 1.165) is 17.5 Å². The second-order valence-corrected chi connectivity index (χ2v) is 4.54. The van der Waals surface area contributed by atoms with Crippen LogP contribution in [-0.4, -0.2) is 21.1 Å². The van der Waals surface area contributed by atoms with Crippen molar-refractivity contribution in [2.24, 2.45) is 0 Å². The molecule has 76 valence electrons. The highest BCUT2D eigenvalue weighted by Gasteiger charge is 2.43. The second kappa shape index (κ2) is 2.98. The first-order valence-electron chi connectivity index (χ1n) is 4.38. The number of nitrogen functional groups attached to an aromatic ring is 1. The van der Waals surface area contributed by atoms with Gasteiger partial charge in [-0.3, -0.25) is 4.79 Å². The van der Waals surface area contributed by atoms with Crippen molar-refractivity contribution < 1.29 is 0 Å². The fourth-order valence-electron chi connectivity index (χ4n) is 1.33. The van der Waals surface area contributed by atoms with Gasteiger partial charge in [-0.1, -0.05) is 18.7 Å². The average molecular weight is 212 g/mol. The van der Waals surface area contributed by atoms with Gasteiger partial charge in [0.1, 0.15) is 5.69 Å². The van der Waals surface area contributed by atoms with Crippen LogP contribution in [0.25, 0.3) is 0 Å². The quantitative estimate of drug-likeness (QED) is 0.557. The first kappa shape index (κ1) is 9.51. The molecule has 1 heterocycles. The maximum atomic E-state index is 11.8. The number of aromatic nitrogens is 3. The lowest BCUT2D eigenvalue weighted by atomic mass is 10.1. The zero-order valence-corrected chi connectivity index (χ0v) is 8.97. The maximum Gasteiger partial charge on any atom is 0.295 e. The fraction of sp³-hybridized carbons (Fsp3) is 0.625. The lowest BCUT2D eigenvalue weighted by molar-refractivity contribution is 0.615. The van der Waals surface area contributed by atoms with Gasteiger partial charge < -0.3 is 5.84 Å². The predicted molar refractivity (Wildman–Crippen MR) is 54.8 cm³/mol. The van der Waals surface area contributed by atoms with Crippen LogP contribution in [0.15, 0.2) is 9.95 Å². The first-order valence-corrected chi connectivity index (χ1v) is 5.60. The first-order chi connectivity index (χ1) is 6.58. The summed E-state index contributed by atoms with van der Waals surface area (Å²) in [5, 5.41) is 8.32. The Balaban J connectivity index is 2.55. The van der Waals surface area contributed by atoms with E-state index in [2.05, 4.69) is 10.2 Å². The summed E-state index contributed by atoms with van der Waals surface area (Å²) in [7, 11) is 0. The average Bonchev–Trinajstić information content (AvgIpc) is 2.89. The molecule has 6 heteroatoms. The van der Waals surface area contributed by atoms with Crippen LogP contribution in [-0.2, 0) is 5.41 Å². The molecule has 0 unspecified atom stereocenters. The molecule has 0 atom stereocenters. The van der Waals surface area contributed by atoms with Crippen LogP contribution in [0.4, 0.5) is 0 Å². The largest absolute Gasteiger partial charge is 0.334 e. The summed E-state index contributed by atoms with van der Waals surface area (Å²) < 4.78 is 1.08. The normalized spacial score (nSPS) is 18.1. The Morgan fingerprint density at radius 1 is 1.50 bits per heavy atom. The van der Waals surface area contributed by atoms with E-state index in [1.807, 2.05) is 13.2 Å². The van der Waals surface area contributed by atoms with E-state index < -0.39 is 0 Å². The molecular formula is C8H12N4OS. The fourth-order valence-corrected chi connectivity index (χ4v) is 1.73. The third-order valence-corrected chi connectivity index (χ3v) is 3.26. The van der Waals surface area contributed by atoms with Crippen LogP contribution in [0, 0.1) is 0 Å². The molecule has 1 aromatic heterocycles. The van der Waals surface area contributed by atoms with Crippen molar-refractivity contribution in [3.8, 4) is 0 Å². The van der Waals surface area contributed by atoms with Crippen molar-refractivity contribution in [1.82, 2.24) is 14.9 Å². The number of thioether (sulfide) groups is 1. The molecule has 1 saturated carbocycles. The third-order valence-electron chi connectivity index (χ3n) is 2.62. The lowest BCUT2D eigenvalue weighted by Gasteiger charge is -2.08. The second-order valence-electron chi connectivity index (χ2n) is 3.77. The molecule has 0 spiro atoms. The van der Waals surface area contributed by atoms with Crippen molar-refractivity contribution in [1.29, 1.82) is 0 Å². The van der Waals surface area contributed by atoms with E-state index in [1.54, 1.807) is 0 Å². The highest BCUT2D eigenvalue weighted by Crippen LogP contribution is 2.45. The number of hydrogen-bond acceptors (Lipinski definition) is 5. The van der Waals surface area contributed by atoms with Crippen LogP contribution in [0.1, 0.15) is 25.5 Å². The summed E-state index contributed by atoms with van der Waals surface area (Å²) in [6.45, 7) is 2.01. The number of nitrogens with two attached hydrogens (primary N) is 1. The van der Waals surface area contributed by atoms with Gasteiger partial charge in [0.05, 0.1) is 0 Å². The van der Waals surface area contributed by atoms with Crippen molar-refractivity contribution in [3.63, 3.8) is 0 Å². The smallest absolute Gasteiger partial charge is 0.295 e. The number of hydrogen-bond donors (Lipinski definition) is 1. The summed E-state index contributed by atoms with van der Waals surface area (Å²) >= 11 is 1.31. The van der Waals surface area contributed by atoms with E-state index in [9.17, 15) is 4.79 Å². The molecule has 1 aliphatic carbocycles. The molecule has 5 nitrogen and oxygen atoms in total. The monoisotopic (exact) mass is 212 g/mol. The van der Waals surface area contributed by atoms with Crippen LogP contribution in [0.2, 0.25) is 0 Å². The third kappa shape index (κ3) is 1.30. The Morgan fingerprint density at radius 3 is 2.64 bits per heavy atom. The SMILES string of the molecule is CSc1nnc(C2(C)CC2)c(=O)n1N. The van der Waals surface area contributed by atoms with Gasteiger partial charge in [-0.05, 0) is 19.1 Å². The van der Waals surface area contributed by atoms with Gasteiger partial charge in [0.25, 0.3) is 5.56 Å². The molecule has 0 bridgehead atoms. The van der Waals surface area contributed by atoms with Gasteiger partial charge in [0, 0.05) is 5.41 Å². The van der Waals surface area contributed by atoms with Crippen molar-refractivity contribution >= 4 is 11.8 Å². The van der Waals surface area contributed by atoms with Crippen LogP contribution >= 0.6 is 11.8 Å². The molecule has 0 saturated heterocycles. The topological polar surface area (TPSA) is 73.8 Å². The summed E-state index contributed by atoms with van der Waals surface area (Å²) in [4.78, 5) is 11.8. The van der Waals surface area contributed by atoms with Gasteiger partial charge in [0.15, 0.2) is 0 Å². The molecule has 2 rings (SSSR count). The number of rotatable bonds is 2. The standard InChI is InChI=1S/C8H12N4OS/c1-8(3-4-8)5-6(13)12(9)7(14-2)11-10-5/h3-4,9H2,1-2H3. The molecule has 0 aliphatic heterocycles. The van der Waals surface area contributed by atoms with E-state index in [1.165, 1.54) is 11.8 Å². The molecule has 1 aliphatic rings. The summed E-state index contributed by atoms with van der Waals surface area (Å²) in [6.07, 6.45) is 3.80. The number of nitrogens with zero attached hydrogens (tertiary/aromatic N) is 3. The Morgan fingerprint density at radius 2 is 2.14 bits per heavy atom.